The molecule has 7 nitrogen and oxygen atoms in total. The lowest BCUT2D eigenvalue weighted by atomic mass is 9.70. The summed E-state index contributed by atoms with van der Waals surface area (Å²) < 4.78 is 57.9. The van der Waals surface area contributed by atoms with E-state index in [1.54, 1.807) is 25.1 Å². The van der Waals surface area contributed by atoms with Crippen LogP contribution in [-0.2, 0) is 21.3 Å². The number of likely N-dealkylation sites (tertiary alicyclic amines) is 1. The summed E-state index contributed by atoms with van der Waals surface area (Å²) in [6.07, 6.45) is -3.11. The third kappa shape index (κ3) is 4.96. The largest absolute Gasteiger partial charge is 0.417 e. The minimum atomic E-state index is -4.94. The number of rotatable bonds is 6. The molecule has 4 atom stereocenters. The predicted octanol–water partition coefficient (Wildman–Crippen LogP) is 6.57. The first kappa shape index (κ1) is 31.3. The van der Waals surface area contributed by atoms with Crippen LogP contribution in [0.2, 0.25) is 10.0 Å². The third-order valence-electron chi connectivity index (χ3n) is 9.31. The number of carbonyl (C=O) groups is 3. The number of alkyl halides is 3. The van der Waals surface area contributed by atoms with Crippen LogP contribution in [0.1, 0.15) is 52.7 Å². The first-order valence-corrected chi connectivity index (χ1v) is 15.0. The van der Waals surface area contributed by atoms with Crippen molar-refractivity contribution in [1.82, 2.24) is 4.90 Å². The molecule has 3 aromatic rings. The molecule has 3 aromatic carbocycles. The summed E-state index contributed by atoms with van der Waals surface area (Å²) in [5.41, 5.74) is 2.39. The Morgan fingerprint density at radius 2 is 1.82 bits per heavy atom. The molecular formula is C32H28Cl2F4N4O3. The summed E-state index contributed by atoms with van der Waals surface area (Å²) in [6, 6.07) is 11.4. The molecule has 45 heavy (non-hydrogen) atoms. The maximum atomic E-state index is 16.1. The second-order valence-corrected chi connectivity index (χ2v) is 12.7. The van der Waals surface area contributed by atoms with Crippen LogP contribution >= 0.6 is 23.2 Å². The van der Waals surface area contributed by atoms with E-state index in [-0.39, 0.29) is 22.2 Å². The van der Waals surface area contributed by atoms with Crippen molar-refractivity contribution in [3.8, 4) is 0 Å². The van der Waals surface area contributed by atoms with Crippen molar-refractivity contribution < 1.29 is 31.9 Å². The Morgan fingerprint density at radius 1 is 1.11 bits per heavy atom. The zero-order valence-electron chi connectivity index (χ0n) is 24.1. The number of nitrogens with two attached hydrogens (primary N) is 1. The molecule has 2 heterocycles. The predicted molar refractivity (Wildman–Crippen MR) is 162 cm³/mol. The van der Waals surface area contributed by atoms with Gasteiger partial charge >= 0.3 is 6.18 Å². The molecule has 3 N–H and O–H groups in total. The van der Waals surface area contributed by atoms with Gasteiger partial charge in [0.05, 0.1) is 22.1 Å². The Morgan fingerprint density at radius 3 is 2.47 bits per heavy atom. The fourth-order valence-electron chi connectivity index (χ4n) is 7.08. The number of halogens is 6. The average molecular weight is 663 g/mol. The van der Waals surface area contributed by atoms with E-state index in [4.69, 9.17) is 28.9 Å². The lowest BCUT2D eigenvalue weighted by Crippen LogP contribution is -2.52. The molecule has 1 spiro atoms. The normalized spacial score (nSPS) is 24.5. The summed E-state index contributed by atoms with van der Waals surface area (Å²) in [7, 11) is 1.30. The highest BCUT2D eigenvalue weighted by Crippen LogP contribution is 2.61. The van der Waals surface area contributed by atoms with Crippen molar-refractivity contribution in [2.75, 3.05) is 23.8 Å². The van der Waals surface area contributed by atoms with Crippen molar-refractivity contribution in [2.45, 2.75) is 43.4 Å². The van der Waals surface area contributed by atoms with Crippen LogP contribution in [0.3, 0.4) is 0 Å². The average Bonchev–Trinajstić information content (AvgIpc) is 3.71. The van der Waals surface area contributed by atoms with Crippen LogP contribution in [0.25, 0.3) is 0 Å². The fourth-order valence-corrected chi connectivity index (χ4v) is 7.43. The van der Waals surface area contributed by atoms with E-state index in [1.807, 2.05) is 4.90 Å². The number of anilines is 2. The van der Waals surface area contributed by atoms with E-state index in [9.17, 15) is 27.6 Å². The molecular weight excluding hydrogens is 635 g/mol. The highest BCUT2D eigenvalue weighted by Gasteiger charge is 2.68. The van der Waals surface area contributed by atoms with Gasteiger partial charge in [0.15, 0.2) is 0 Å². The van der Waals surface area contributed by atoms with Gasteiger partial charge in [-0.05, 0) is 67.6 Å². The summed E-state index contributed by atoms with van der Waals surface area (Å²) in [5, 5.41) is 3.05. The van der Waals surface area contributed by atoms with Crippen LogP contribution in [0.5, 0.6) is 0 Å². The molecule has 3 aliphatic rings. The first-order chi connectivity index (χ1) is 21.2. The highest BCUT2D eigenvalue weighted by molar-refractivity contribution is 6.31. The summed E-state index contributed by atoms with van der Waals surface area (Å²) in [4.78, 5) is 43.7. The molecule has 0 radical (unpaired) electrons. The van der Waals surface area contributed by atoms with Crippen molar-refractivity contribution >= 4 is 52.3 Å². The van der Waals surface area contributed by atoms with Gasteiger partial charge in [-0.25, -0.2) is 4.39 Å². The van der Waals surface area contributed by atoms with Gasteiger partial charge in [-0.1, -0.05) is 41.4 Å². The van der Waals surface area contributed by atoms with E-state index in [2.05, 4.69) is 5.32 Å². The van der Waals surface area contributed by atoms with Crippen LogP contribution in [0.15, 0.2) is 54.6 Å². The Balaban J connectivity index is 1.56. The van der Waals surface area contributed by atoms with Gasteiger partial charge in [0.25, 0.3) is 0 Å². The zero-order valence-corrected chi connectivity index (χ0v) is 25.6. The van der Waals surface area contributed by atoms with Gasteiger partial charge in [-0.2, -0.15) is 13.2 Å². The topological polar surface area (TPSA) is 95.7 Å². The quantitative estimate of drug-likeness (QED) is 0.292. The number of benzene rings is 3. The molecule has 1 saturated heterocycles. The molecule has 6 rings (SSSR count). The van der Waals surface area contributed by atoms with Crippen LogP contribution in [0, 0.1) is 17.7 Å². The molecule has 1 saturated carbocycles. The van der Waals surface area contributed by atoms with Crippen molar-refractivity contribution in [1.29, 1.82) is 0 Å². The van der Waals surface area contributed by atoms with Crippen molar-refractivity contribution in [3.63, 3.8) is 0 Å². The highest BCUT2D eigenvalue weighted by atomic mass is 35.5. The van der Waals surface area contributed by atoms with Crippen molar-refractivity contribution in [2.24, 2.45) is 17.6 Å². The van der Waals surface area contributed by atoms with Crippen molar-refractivity contribution in [3.05, 3.63) is 92.7 Å². The third-order valence-corrected chi connectivity index (χ3v) is 9.83. The maximum Gasteiger partial charge on any atom is 0.417 e. The zero-order chi connectivity index (χ0) is 32.6. The number of nitrogens with zero attached hydrogens (tertiary/aromatic N) is 2. The van der Waals surface area contributed by atoms with Crippen LogP contribution in [0.4, 0.5) is 28.9 Å². The summed E-state index contributed by atoms with van der Waals surface area (Å²) in [6.45, 7) is 2.19. The number of nitrogens with one attached hydrogen (secondary N) is 1. The minimum Gasteiger partial charge on any atom is -0.366 e. The lowest BCUT2D eigenvalue weighted by molar-refractivity contribution is -0.138. The molecule has 2 aliphatic heterocycles. The van der Waals surface area contributed by atoms with Gasteiger partial charge < -0.3 is 16.0 Å². The van der Waals surface area contributed by atoms with E-state index in [0.717, 1.165) is 23.8 Å². The van der Waals surface area contributed by atoms with E-state index in [1.165, 1.54) is 31.3 Å². The molecule has 1 aliphatic carbocycles. The second-order valence-electron chi connectivity index (χ2n) is 11.9. The van der Waals surface area contributed by atoms with E-state index < -0.39 is 64.3 Å². The Labute approximate surface area is 266 Å². The lowest BCUT2D eigenvalue weighted by Gasteiger charge is -2.39. The Kier molecular flexibility index (Phi) is 7.65. The second kappa shape index (κ2) is 11.0. The smallest absolute Gasteiger partial charge is 0.366 e. The monoisotopic (exact) mass is 662 g/mol. The Bertz CT molecular complexity index is 1750. The summed E-state index contributed by atoms with van der Waals surface area (Å²) >= 11 is 12.5. The van der Waals surface area contributed by atoms with Crippen LogP contribution < -0.4 is 16.0 Å². The van der Waals surface area contributed by atoms with Gasteiger partial charge in [0, 0.05) is 47.5 Å². The summed E-state index contributed by atoms with van der Waals surface area (Å²) in [5.74, 6) is -5.23. The Hall–Kier alpha value is -3.67. The van der Waals surface area contributed by atoms with Gasteiger partial charge in [-0.15, -0.1) is 0 Å². The standard InChI is InChI=1S/C32H28Cl2F4N4O3/c1-15-25(29(44)41(2)18-9-10-19(28(39)43)22(13-18)32(36,37)38)26(20-4-3-5-23(34)27(20)35)31(42(15)14-16-6-7-16)21-11-8-17(33)12-24(21)40-30(31)45/h3-5,8-13,15-16,25-26H,6-7,14H2,1-2H3,(H2,39,43)(H,40,45)/t15-,25-,26+,31-/m1/s1. The molecule has 2 fully saturated rings. The van der Waals surface area contributed by atoms with Gasteiger partial charge in [-0.3, -0.25) is 19.3 Å². The maximum absolute atomic E-state index is 16.1. The molecule has 0 bridgehead atoms. The molecule has 0 unspecified atom stereocenters. The number of amides is 3. The minimum absolute atomic E-state index is 0.0254. The number of primary amides is 1. The van der Waals surface area contributed by atoms with E-state index >= 15 is 4.39 Å². The molecule has 0 aromatic heterocycles. The number of fused-ring (bicyclic) bond motifs is 2. The first-order valence-electron chi connectivity index (χ1n) is 14.3. The molecule has 13 heteroatoms. The number of carbonyl (C=O) groups excluding carboxylic acids is 3. The number of hydrogen-bond donors (Lipinski definition) is 2. The fraction of sp³-hybridized carbons (Fsp3) is 0.344. The van der Waals surface area contributed by atoms with Gasteiger partial charge in [0.1, 0.15) is 11.4 Å². The molecule has 236 valence electrons. The SMILES string of the molecule is C[C@@H]1[C@@H](C(=O)N(C)c2ccc(C(N)=O)c(C(F)(F)F)c2)[C@H](c2cccc(Cl)c2F)[C@]2(C(=O)Nc3cc(Cl)ccc32)N1CC1CC1. The number of hydrogen-bond acceptors (Lipinski definition) is 4. The van der Waals surface area contributed by atoms with Crippen LogP contribution in [-0.4, -0.2) is 42.3 Å². The van der Waals surface area contributed by atoms with Gasteiger partial charge in [0.2, 0.25) is 17.7 Å². The molecule has 3 amide bonds. The van der Waals surface area contributed by atoms with E-state index in [0.29, 0.717) is 28.9 Å².